The van der Waals surface area contributed by atoms with E-state index in [0.29, 0.717) is 5.85 Å². The van der Waals surface area contributed by atoms with Gasteiger partial charge in [0.15, 0.2) is 0 Å². The molecule has 2 atom stereocenters. The second kappa shape index (κ2) is 2.91. The van der Waals surface area contributed by atoms with Gasteiger partial charge in [-0.3, -0.25) is 0 Å². The SMILES string of the molecule is PC1CSCCO1. The van der Waals surface area contributed by atoms with Crippen molar-refractivity contribution in [2.75, 3.05) is 18.1 Å². The van der Waals surface area contributed by atoms with Crippen molar-refractivity contribution in [2.24, 2.45) is 0 Å². The van der Waals surface area contributed by atoms with Crippen molar-refractivity contribution in [3.63, 3.8) is 0 Å². The van der Waals surface area contributed by atoms with Crippen LogP contribution in [0.2, 0.25) is 0 Å². The van der Waals surface area contributed by atoms with E-state index < -0.39 is 0 Å². The summed E-state index contributed by atoms with van der Waals surface area (Å²) in [6.07, 6.45) is 0. The smallest absolute Gasteiger partial charge is 0.0798 e. The largest absolute Gasteiger partial charge is 0.373 e. The first kappa shape index (κ1) is 5.87. The summed E-state index contributed by atoms with van der Waals surface area (Å²) in [5.41, 5.74) is 0. The minimum Gasteiger partial charge on any atom is -0.373 e. The summed E-state index contributed by atoms with van der Waals surface area (Å²) in [6, 6.07) is 0. The molecule has 1 fully saturated rings. The van der Waals surface area contributed by atoms with Gasteiger partial charge in [-0.15, -0.1) is 9.24 Å². The molecule has 42 valence electrons. The van der Waals surface area contributed by atoms with Gasteiger partial charge in [0.1, 0.15) is 0 Å². The molecule has 1 nitrogen and oxygen atoms in total. The molecule has 0 N–H and O–H groups in total. The zero-order valence-electron chi connectivity index (χ0n) is 4.09. The summed E-state index contributed by atoms with van der Waals surface area (Å²) in [5, 5.41) is 0. The average Bonchev–Trinajstić information content (AvgIpc) is 1.69. The monoisotopic (exact) mass is 136 g/mol. The molecule has 2 unspecified atom stereocenters. The van der Waals surface area contributed by atoms with Crippen LogP contribution in [-0.2, 0) is 4.74 Å². The average molecular weight is 136 g/mol. The number of hydrogen-bond donors (Lipinski definition) is 0. The number of hydrogen-bond acceptors (Lipinski definition) is 2. The lowest BCUT2D eigenvalue weighted by atomic mass is 10.7. The first-order chi connectivity index (χ1) is 3.39. The normalized spacial score (nSPS) is 33.0. The maximum Gasteiger partial charge on any atom is 0.0798 e. The molecule has 0 aliphatic carbocycles. The van der Waals surface area contributed by atoms with E-state index in [1.54, 1.807) is 0 Å². The van der Waals surface area contributed by atoms with Gasteiger partial charge >= 0.3 is 0 Å². The molecule has 0 aromatic heterocycles. The van der Waals surface area contributed by atoms with E-state index in [0.717, 1.165) is 12.4 Å². The molecule has 0 aromatic carbocycles. The first-order valence-corrected chi connectivity index (χ1v) is 4.16. The Balaban J connectivity index is 2.12. The third-order valence-electron chi connectivity index (χ3n) is 0.842. The lowest BCUT2D eigenvalue weighted by molar-refractivity contribution is 0.135. The van der Waals surface area contributed by atoms with Gasteiger partial charge in [-0.2, -0.15) is 11.8 Å². The molecule has 0 spiro atoms. The second-order valence-corrected chi connectivity index (χ2v) is 3.38. The predicted octanol–water partition coefficient (Wildman–Crippen LogP) is 0.951. The Bertz CT molecular complexity index is 53.7. The van der Waals surface area contributed by atoms with Crippen molar-refractivity contribution in [1.29, 1.82) is 0 Å². The number of ether oxygens (including phenoxy) is 1. The summed E-state index contributed by atoms with van der Waals surface area (Å²) in [4.78, 5) is 0. The first-order valence-electron chi connectivity index (χ1n) is 2.34. The van der Waals surface area contributed by atoms with Gasteiger partial charge in [0.2, 0.25) is 0 Å². The molecule has 1 rings (SSSR count). The lowest BCUT2D eigenvalue weighted by Gasteiger charge is -2.16. The van der Waals surface area contributed by atoms with Crippen LogP contribution in [0.4, 0.5) is 0 Å². The summed E-state index contributed by atoms with van der Waals surface area (Å²) in [5.74, 6) is 2.73. The third-order valence-corrected chi connectivity index (χ3v) is 2.63. The van der Waals surface area contributed by atoms with Gasteiger partial charge in [-0.05, 0) is 0 Å². The zero-order valence-corrected chi connectivity index (χ0v) is 6.06. The molecule has 1 heterocycles. The van der Waals surface area contributed by atoms with Crippen molar-refractivity contribution in [2.45, 2.75) is 5.85 Å². The minimum atomic E-state index is 0.416. The molecule has 3 heteroatoms. The van der Waals surface area contributed by atoms with Crippen molar-refractivity contribution >= 4 is 21.0 Å². The van der Waals surface area contributed by atoms with Gasteiger partial charge < -0.3 is 4.74 Å². The van der Waals surface area contributed by atoms with Crippen LogP contribution < -0.4 is 0 Å². The van der Waals surface area contributed by atoms with Crippen molar-refractivity contribution in [1.82, 2.24) is 0 Å². The van der Waals surface area contributed by atoms with Crippen molar-refractivity contribution < 1.29 is 4.74 Å². The topological polar surface area (TPSA) is 9.23 Å². The molecule has 0 bridgehead atoms. The molecule has 7 heavy (non-hydrogen) atoms. The van der Waals surface area contributed by atoms with Gasteiger partial charge in [-0.25, -0.2) is 0 Å². The van der Waals surface area contributed by atoms with E-state index in [1.165, 1.54) is 5.75 Å². The lowest BCUT2D eigenvalue weighted by Crippen LogP contribution is -2.16. The van der Waals surface area contributed by atoms with Crippen LogP contribution in [0.3, 0.4) is 0 Å². The Labute approximate surface area is 50.4 Å². The molecule has 0 aromatic rings. The number of thioether (sulfide) groups is 1. The van der Waals surface area contributed by atoms with Crippen LogP contribution in [0.5, 0.6) is 0 Å². The van der Waals surface area contributed by atoms with E-state index in [4.69, 9.17) is 4.74 Å². The van der Waals surface area contributed by atoms with Gasteiger partial charge in [-0.1, -0.05) is 0 Å². The van der Waals surface area contributed by atoms with Crippen LogP contribution in [-0.4, -0.2) is 24.0 Å². The predicted molar refractivity (Wildman–Crippen MR) is 36.8 cm³/mol. The quantitative estimate of drug-likeness (QED) is 0.458. The molecule has 0 saturated carbocycles. The standard InChI is InChI=1S/C4H9OPS/c6-4-3-7-2-1-5-4/h4H,1-3,6H2. The number of rotatable bonds is 0. The molecule has 0 radical (unpaired) electrons. The summed E-state index contributed by atoms with van der Waals surface area (Å²) in [6.45, 7) is 0.929. The molecular weight excluding hydrogens is 127 g/mol. The molecule has 0 amide bonds. The fourth-order valence-corrected chi connectivity index (χ4v) is 1.76. The minimum absolute atomic E-state index is 0.416. The Morgan fingerprint density at radius 1 is 1.71 bits per heavy atom. The maximum atomic E-state index is 5.22. The zero-order chi connectivity index (χ0) is 5.11. The van der Waals surface area contributed by atoms with E-state index in [-0.39, 0.29) is 0 Å². The summed E-state index contributed by atoms with van der Waals surface area (Å²) >= 11 is 1.96. The van der Waals surface area contributed by atoms with Crippen molar-refractivity contribution in [3.05, 3.63) is 0 Å². The van der Waals surface area contributed by atoms with Gasteiger partial charge in [0.05, 0.1) is 12.5 Å². The second-order valence-electron chi connectivity index (χ2n) is 1.48. The highest BCUT2D eigenvalue weighted by Crippen LogP contribution is 2.16. The molecule has 1 saturated heterocycles. The summed E-state index contributed by atoms with van der Waals surface area (Å²) < 4.78 is 5.22. The highest BCUT2D eigenvalue weighted by molar-refractivity contribution is 7.99. The summed E-state index contributed by atoms with van der Waals surface area (Å²) in [7, 11) is 2.66. The van der Waals surface area contributed by atoms with E-state index in [1.807, 2.05) is 11.8 Å². The van der Waals surface area contributed by atoms with Crippen LogP contribution >= 0.6 is 21.0 Å². The van der Waals surface area contributed by atoms with E-state index in [9.17, 15) is 0 Å². The third kappa shape index (κ3) is 1.98. The Hall–Kier alpha value is 0.740. The van der Waals surface area contributed by atoms with Gasteiger partial charge in [0.25, 0.3) is 0 Å². The van der Waals surface area contributed by atoms with E-state index in [2.05, 4.69) is 9.24 Å². The molecule has 1 aliphatic rings. The Morgan fingerprint density at radius 2 is 2.57 bits per heavy atom. The molecular formula is C4H9OPS. The fourth-order valence-electron chi connectivity index (χ4n) is 0.506. The highest BCUT2D eigenvalue weighted by atomic mass is 32.2. The van der Waals surface area contributed by atoms with Crippen LogP contribution in [0, 0.1) is 0 Å². The Morgan fingerprint density at radius 3 is 2.86 bits per heavy atom. The van der Waals surface area contributed by atoms with Crippen LogP contribution in [0.15, 0.2) is 0 Å². The Kier molecular flexibility index (Phi) is 2.44. The maximum absolute atomic E-state index is 5.22. The molecule has 1 aliphatic heterocycles. The van der Waals surface area contributed by atoms with Crippen molar-refractivity contribution in [3.8, 4) is 0 Å². The highest BCUT2D eigenvalue weighted by Gasteiger charge is 2.06. The van der Waals surface area contributed by atoms with Gasteiger partial charge in [0, 0.05) is 11.5 Å². The van der Waals surface area contributed by atoms with E-state index >= 15 is 0 Å². The van der Waals surface area contributed by atoms with Crippen LogP contribution in [0.1, 0.15) is 0 Å². The van der Waals surface area contributed by atoms with Crippen LogP contribution in [0.25, 0.3) is 0 Å². The fraction of sp³-hybridized carbons (Fsp3) is 1.00.